The maximum atomic E-state index is 11.3. The molecule has 1 aliphatic carbocycles. The number of hydrogen-bond donors (Lipinski definition) is 2. The summed E-state index contributed by atoms with van der Waals surface area (Å²) in [5.74, 6) is -0.121. The fraction of sp³-hybridized carbons (Fsp3) is 0.500. The summed E-state index contributed by atoms with van der Waals surface area (Å²) in [6, 6.07) is 9.21. The molecule has 1 saturated carbocycles. The monoisotopic (exact) mass is 233 g/mol. The van der Waals surface area contributed by atoms with Gasteiger partial charge in [-0.2, -0.15) is 0 Å². The summed E-state index contributed by atoms with van der Waals surface area (Å²) in [5.41, 5.74) is 0.835. The Morgan fingerprint density at radius 2 is 2.18 bits per heavy atom. The summed E-state index contributed by atoms with van der Waals surface area (Å²) >= 11 is 0. The van der Waals surface area contributed by atoms with Gasteiger partial charge in [-0.25, -0.2) is 0 Å². The van der Waals surface area contributed by atoms with Crippen LogP contribution in [-0.2, 0) is 4.79 Å². The van der Waals surface area contributed by atoms with E-state index in [1.807, 2.05) is 30.3 Å². The minimum absolute atomic E-state index is 0.385. The van der Waals surface area contributed by atoms with Gasteiger partial charge in [-0.15, -0.1) is 0 Å². The van der Waals surface area contributed by atoms with Crippen LogP contribution in [0.4, 0.5) is 0 Å². The SMILES string of the molecule is CCCC1CC1NC(C(=O)O)c1ccccc1. The summed E-state index contributed by atoms with van der Waals surface area (Å²) < 4.78 is 0. The molecule has 0 amide bonds. The van der Waals surface area contributed by atoms with Crippen LogP contribution >= 0.6 is 0 Å². The molecule has 3 nitrogen and oxygen atoms in total. The molecule has 0 heterocycles. The number of carbonyl (C=O) groups is 1. The summed E-state index contributed by atoms with van der Waals surface area (Å²) in [5, 5.41) is 12.5. The van der Waals surface area contributed by atoms with Crippen molar-refractivity contribution >= 4 is 5.97 Å². The second-order valence-electron chi connectivity index (χ2n) is 4.74. The zero-order valence-electron chi connectivity index (χ0n) is 10.1. The van der Waals surface area contributed by atoms with Crippen LogP contribution in [0.1, 0.15) is 37.8 Å². The van der Waals surface area contributed by atoms with Gasteiger partial charge in [0, 0.05) is 6.04 Å². The van der Waals surface area contributed by atoms with Crippen LogP contribution in [0.5, 0.6) is 0 Å². The number of hydrogen-bond acceptors (Lipinski definition) is 2. The molecule has 17 heavy (non-hydrogen) atoms. The smallest absolute Gasteiger partial charge is 0.325 e. The van der Waals surface area contributed by atoms with Gasteiger partial charge in [0.25, 0.3) is 0 Å². The highest BCUT2D eigenvalue weighted by Gasteiger charge is 2.38. The first kappa shape index (κ1) is 12.1. The molecule has 1 aliphatic rings. The standard InChI is InChI=1S/C14H19NO2/c1-2-6-11-9-12(11)15-13(14(16)17)10-7-4-3-5-8-10/h3-5,7-8,11-13,15H,2,6,9H2,1H3,(H,16,17). The van der Waals surface area contributed by atoms with E-state index in [9.17, 15) is 9.90 Å². The van der Waals surface area contributed by atoms with Crippen LogP contribution in [-0.4, -0.2) is 17.1 Å². The van der Waals surface area contributed by atoms with E-state index in [-0.39, 0.29) is 0 Å². The highest BCUT2D eigenvalue weighted by Crippen LogP contribution is 2.36. The van der Waals surface area contributed by atoms with E-state index in [4.69, 9.17) is 0 Å². The van der Waals surface area contributed by atoms with E-state index in [1.165, 1.54) is 12.8 Å². The van der Waals surface area contributed by atoms with Crippen LogP contribution in [0, 0.1) is 5.92 Å². The van der Waals surface area contributed by atoms with Gasteiger partial charge in [0.2, 0.25) is 0 Å². The Bertz CT molecular complexity index is 377. The number of nitrogens with one attached hydrogen (secondary N) is 1. The predicted octanol–water partition coefficient (Wildman–Crippen LogP) is 2.59. The van der Waals surface area contributed by atoms with Crippen molar-refractivity contribution in [2.24, 2.45) is 5.92 Å². The van der Waals surface area contributed by atoms with E-state index in [1.54, 1.807) is 0 Å². The van der Waals surface area contributed by atoms with Crippen molar-refractivity contribution in [3.63, 3.8) is 0 Å². The molecule has 0 saturated heterocycles. The molecule has 0 radical (unpaired) electrons. The fourth-order valence-corrected chi connectivity index (χ4v) is 2.31. The Hall–Kier alpha value is -1.35. The quantitative estimate of drug-likeness (QED) is 0.794. The number of aliphatic carboxylic acids is 1. The van der Waals surface area contributed by atoms with Gasteiger partial charge >= 0.3 is 5.97 Å². The second kappa shape index (κ2) is 5.32. The maximum absolute atomic E-state index is 11.3. The third-order valence-electron chi connectivity index (χ3n) is 3.34. The maximum Gasteiger partial charge on any atom is 0.325 e. The lowest BCUT2D eigenvalue weighted by atomic mass is 10.1. The Kier molecular flexibility index (Phi) is 3.79. The van der Waals surface area contributed by atoms with Crippen LogP contribution in [0.3, 0.4) is 0 Å². The first-order chi connectivity index (χ1) is 8.22. The van der Waals surface area contributed by atoms with Gasteiger partial charge in [0.15, 0.2) is 0 Å². The molecule has 92 valence electrons. The second-order valence-corrected chi connectivity index (χ2v) is 4.74. The normalized spacial score (nSPS) is 24.3. The Balaban J connectivity index is 1.98. The molecule has 0 bridgehead atoms. The van der Waals surface area contributed by atoms with Crippen molar-refractivity contribution in [1.29, 1.82) is 0 Å². The van der Waals surface area contributed by atoms with Gasteiger partial charge in [-0.1, -0.05) is 43.7 Å². The number of carboxylic acid groups (broad SMARTS) is 1. The van der Waals surface area contributed by atoms with Crippen molar-refractivity contribution in [3.8, 4) is 0 Å². The summed E-state index contributed by atoms with van der Waals surface area (Å²) in [6.07, 6.45) is 3.48. The molecule has 0 aliphatic heterocycles. The lowest BCUT2D eigenvalue weighted by Gasteiger charge is -2.14. The van der Waals surface area contributed by atoms with Crippen molar-refractivity contribution < 1.29 is 9.90 Å². The van der Waals surface area contributed by atoms with Gasteiger partial charge in [-0.3, -0.25) is 10.1 Å². The number of benzene rings is 1. The lowest BCUT2D eigenvalue weighted by Crippen LogP contribution is -2.31. The minimum Gasteiger partial charge on any atom is -0.480 e. The molecule has 1 fully saturated rings. The fourth-order valence-electron chi connectivity index (χ4n) is 2.31. The predicted molar refractivity (Wildman–Crippen MR) is 66.8 cm³/mol. The average molecular weight is 233 g/mol. The molecule has 1 aromatic carbocycles. The van der Waals surface area contributed by atoms with Crippen LogP contribution in [0.15, 0.2) is 30.3 Å². The van der Waals surface area contributed by atoms with E-state index in [0.717, 1.165) is 12.0 Å². The van der Waals surface area contributed by atoms with E-state index in [0.29, 0.717) is 12.0 Å². The molecule has 3 heteroatoms. The third-order valence-corrected chi connectivity index (χ3v) is 3.34. The molecular formula is C14H19NO2. The highest BCUT2D eigenvalue weighted by atomic mass is 16.4. The zero-order valence-corrected chi connectivity index (χ0v) is 10.1. The average Bonchev–Trinajstić information content (AvgIpc) is 3.06. The Morgan fingerprint density at radius 1 is 1.47 bits per heavy atom. The topological polar surface area (TPSA) is 49.3 Å². The molecule has 0 spiro atoms. The lowest BCUT2D eigenvalue weighted by molar-refractivity contribution is -0.139. The van der Waals surface area contributed by atoms with Gasteiger partial charge in [0.1, 0.15) is 6.04 Å². The molecule has 3 atom stereocenters. The van der Waals surface area contributed by atoms with Gasteiger partial charge in [-0.05, 0) is 24.3 Å². The number of carboxylic acids is 1. The van der Waals surface area contributed by atoms with Gasteiger partial charge in [0.05, 0.1) is 0 Å². The van der Waals surface area contributed by atoms with Crippen LogP contribution in [0.25, 0.3) is 0 Å². The molecule has 0 aromatic heterocycles. The van der Waals surface area contributed by atoms with E-state index < -0.39 is 12.0 Å². The Labute approximate surface area is 102 Å². The van der Waals surface area contributed by atoms with E-state index in [2.05, 4.69) is 12.2 Å². The first-order valence-corrected chi connectivity index (χ1v) is 6.26. The number of rotatable bonds is 6. The van der Waals surface area contributed by atoms with Crippen molar-refractivity contribution in [1.82, 2.24) is 5.32 Å². The molecule has 3 unspecified atom stereocenters. The third kappa shape index (κ3) is 3.07. The molecule has 2 N–H and O–H groups in total. The Morgan fingerprint density at radius 3 is 2.76 bits per heavy atom. The van der Waals surface area contributed by atoms with Crippen molar-refractivity contribution in [2.45, 2.75) is 38.3 Å². The van der Waals surface area contributed by atoms with Gasteiger partial charge < -0.3 is 5.11 Å². The van der Waals surface area contributed by atoms with Crippen molar-refractivity contribution in [2.75, 3.05) is 0 Å². The van der Waals surface area contributed by atoms with Crippen LogP contribution < -0.4 is 5.32 Å². The molecular weight excluding hydrogens is 214 g/mol. The largest absolute Gasteiger partial charge is 0.480 e. The highest BCUT2D eigenvalue weighted by molar-refractivity contribution is 5.75. The zero-order chi connectivity index (χ0) is 12.3. The summed E-state index contributed by atoms with van der Waals surface area (Å²) in [6.45, 7) is 2.17. The van der Waals surface area contributed by atoms with Crippen molar-refractivity contribution in [3.05, 3.63) is 35.9 Å². The molecule has 2 rings (SSSR count). The molecule has 1 aromatic rings. The van der Waals surface area contributed by atoms with Crippen LogP contribution in [0.2, 0.25) is 0 Å². The summed E-state index contributed by atoms with van der Waals surface area (Å²) in [7, 11) is 0. The first-order valence-electron chi connectivity index (χ1n) is 6.26. The summed E-state index contributed by atoms with van der Waals surface area (Å²) in [4.78, 5) is 11.3. The minimum atomic E-state index is -0.793. The van der Waals surface area contributed by atoms with E-state index >= 15 is 0 Å².